The molecule has 1 N–H and O–H groups in total. The molecule has 8 heteroatoms. The summed E-state index contributed by atoms with van der Waals surface area (Å²) in [5.41, 5.74) is -1.31. The Kier molecular flexibility index (Phi) is 4.74. The second kappa shape index (κ2) is 6.27. The Hall–Kier alpha value is -1.96. The van der Waals surface area contributed by atoms with Gasteiger partial charge in [-0.25, -0.2) is 13.8 Å². The Morgan fingerprint density at radius 3 is 2.17 bits per heavy atom. The molecule has 1 heterocycles. The molecule has 3 nitrogen and oxygen atoms in total. The highest BCUT2D eigenvalue weighted by atomic mass is 19.4. The van der Waals surface area contributed by atoms with E-state index in [-0.39, 0.29) is 29.5 Å². The van der Waals surface area contributed by atoms with E-state index in [1.807, 2.05) is 0 Å². The summed E-state index contributed by atoms with van der Waals surface area (Å²) in [5.74, 6) is -1.79. The lowest BCUT2D eigenvalue weighted by Crippen LogP contribution is -2.10. The van der Waals surface area contributed by atoms with E-state index in [0.29, 0.717) is 0 Å². The van der Waals surface area contributed by atoms with Gasteiger partial charge >= 0.3 is 6.18 Å². The summed E-state index contributed by atoms with van der Waals surface area (Å²) < 4.78 is 67.8. The van der Waals surface area contributed by atoms with Crippen LogP contribution in [0.5, 0.6) is 0 Å². The molecular formula is C15H16F5N3. The van der Waals surface area contributed by atoms with Gasteiger partial charge in [0, 0.05) is 29.9 Å². The second-order valence-electron chi connectivity index (χ2n) is 5.40. The fourth-order valence-corrected chi connectivity index (χ4v) is 2.22. The van der Waals surface area contributed by atoms with Crippen LogP contribution in [0, 0.1) is 11.6 Å². The molecule has 0 fully saturated rings. The van der Waals surface area contributed by atoms with Crippen molar-refractivity contribution in [2.75, 3.05) is 7.05 Å². The van der Waals surface area contributed by atoms with Gasteiger partial charge < -0.3 is 9.88 Å². The van der Waals surface area contributed by atoms with E-state index in [1.165, 1.54) is 11.6 Å². The largest absolute Gasteiger partial charge is 0.434 e. The molecule has 1 aromatic heterocycles. The zero-order valence-electron chi connectivity index (χ0n) is 12.8. The highest BCUT2D eigenvalue weighted by Gasteiger charge is 2.35. The molecule has 2 aromatic rings. The molecule has 0 amide bonds. The van der Waals surface area contributed by atoms with E-state index in [4.69, 9.17) is 0 Å². The smallest absolute Gasteiger partial charge is 0.328 e. The minimum atomic E-state index is -4.63. The summed E-state index contributed by atoms with van der Waals surface area (Å²) in [4.78, 5) is 3.52. The minimum absolute atomic E-state index is 0.0234. The van der Waals surface area contributed by atoms with Crippen LogP contribution in [0.3, 0.4) is 0 Å². The summed E-state index contributed by atoms with van der Waals surface area (Å²) in [5, 5.41) is 2.63. The lowest BCUT2D eigenvalue weighted by molar-refractivity contribution is -0.140. The van der Waals surface area contributed by atoms with E-state index in [2.05, 4.69) is 10.3 Å². The van der Waals surface area contributed by atoms with Crippen LogP contribution in [-0.4, -0.2) is 16.6 Å². The number of nitrogens with zero attached hydrogens (tertiary/aromatic N) is 2. The third kappa shape index (κ3) is 3.52. The van der Waals surface area contributed by atoms with Crippen LogP contribution in [0.1, 0.15) is 31.1 Å². The number of rotatable bonds is 4. The molecule has 0 unspecified atom stereocenters. The first kappa shape index (κ1) is 17.4. The Labute approximate surface area is 130 Å². The number of benzene rings is 1. The maximum atomic E-state index is 14.0. The molecule has 0 aliphatic carbocycles. The standard InChI is InChI=1S/C15H16F5N3/c1-8(2)23-7-13(15(18,19)20)22-14(23)9-4-11(16)10(6-21-3)12(17)5-9/h4-5,7-8,21H,6H2,1-3H3. The molecule has 0 saturated carbocycles. The fourth-order valence-electron chi connectivity index (χ4n) is 2.22. The maximum absolute atomic E-state index is 14.0. The van der Waals surface area contributed by atoms with Gasteiger partial charge in [-0.15, -0.1) is 0 Å². The van der Waals surface area contributed by atoms with Crippen LogP contribution in [0.15, 0.2) is 18.3 Å². The number of imidazole rings is 1. The zero-order chi connectivity index (χ0) is 17.4. The van der Waals surface area contributed by atoms with Crippen molar-refractivity contribution >= 4 is 0 Å². The molecule has 0 aliphatic rings. The number of hydrogen-bond donors (Lipinski definition) is 1. The average molecular weight is 333 g/mol. The van der Waals surface area contributed by atoms with E-state index in [9.17, 15) is 22.0 Å². The molecule has 2 rings (SSSR count). The summed E-state index contributed by atoms with van der Waals surface area (Å²) in [6, 6.07) is 1.64. The topological polar surface area (TPSA) is 29.9 Å². The number of nitrogens with one attached hydrogen (secondary N) is 1. The first-order valence-corrected chi connectivity index (χ1v) is 6.94. The molecule has 0 atom stereocenters. The zero-order valence-corrected chi connectivity index (χ0v) is 12.8. The van der Waals surface area contributed by atoms with Gasteiger partial charge in [-0.05, 0) is 33.0 Å². The molecule has 126 valence electrons. The van der Waals surface area contributed by atoms with Crippen molar-refractivity contribution < 1.29 is 22.0 Å². The Balaban J connectivity index is 2.60. The Bertz CT molecular complexity index is 681. The summed E-state index contributed by atoms with van der Waals surface area (Å²) >= 11 is 0. The number of alkyl halides is 3. The van der Waals surface area contributed by atoms with Gasteiger partial charge in [-0.3, -0.25) is 0 Å². The molecule has 0 radical (unpaired) electrons. The minimum Gasteiger partial charge on any atom is -0.328 e. The quantitative estimate of drug-likeness (QED) is 0.852. The van der Waals surface area contributed by atoms with Crippen LogP contribution < -0.4 is 5.32 Å². The molecule has 23 heavy (non-hydrogen) atoms. The number of halogens is 5. The number of aromatic nitrogens is 2. The fraction of sp³-hybridized carbons (Fsp3) is 0.400. The molecule has 1 aromatic carbocycles. The molecule has 0 spiro atoms. The summed E-state index contributed by atoms with van der Waals surface area (Å²) in [6.07, 6.45) is -3.78. The van der Waals surface area contributed by atoms with E-state index in [0.717, 1.165) is 18.3 Å². The lowest BCUT2D eigenvalue weighted by Gasteiger charge is -2.12. The summed E-state index contributed by atoms with van der Waals surface area (Å²) in [6.45, 7) is 3.30. The molecule has 0 bridgehead atoms. The van der Waals surface area contributed by atoms with Crippen molar-refractivity contribution in [2.24, 2.45) is 0 Å². The average Bonchev–Trinajstić information content (AvgIpc) is 2.88. The van der Waals surface area contributed by atoms with Gasteiger partial charge in [-0.1, -0.05) is 0 Å². The van der Waals surface area contributed by atoms with Crippen LogP contribution in [0.4, 0.5) is 22.0 Å². The third-order valence-electron chi connectivity index (χ3n) is 3.33. The van der Waals surface area contributed by atoms with Crippen molar-refractivity contribution in [3.05, 3.63) is 41.2 Å². The van der Waals surface area contributed by atoms with Gasteiger partial charge in [0.15, 0.2) is 5.69 Å². The normalized spacial score (nSPS) is 12.2. The van der Waals surface area contributed by atoms with E-state index in [1.54, 1.807) is 13.8 Å². The van der Waals surface area contributed by atoms with Crippen molar-refractivity contribution in [3.8, 4) is 11.4 Å². The van der Waals surface area contributed by atoms with Crippen LogP contribution in [0.25, 0.3) is 11.4 Å². The van der Waals surface area contributed by atoms with Crippen molar-refractivity contribution in [1.29, 1.82) is 0 Å². The lowest BCUT2D eigenvalue weighted by atomic mass is 10.1. The van der Waals surface area contributed by atoms with E-state index < -0.39 is 23.5 Å². The predicted octanol–water partition coefficient (Wildman–Crippen LogP) is 4.15. The molecular weight excluding hydrogens is 317 g/mol. The maximum Gasteiger partial charge on any atom is 0.434 e. The second-order valence-corrected chi connectivity index (χ2v) is 5.40. The molecule has 0 saturated heterocycles. The Morgan fingerprint density at radius 2 is 1.74 bits per heavy atom. The SMILES string of the molecule is CNCc1c(F)cc(-c2nc(C(F)(F)F)cn2C(C)C)cc1F. The van der Waals surface area contributed by atoms with Gasteiger partial charge in [-0.2, -0.15) is 13.2 Å². The molecule has 0 aliphatic heterocycles. The van der Waals surface area contributed by atoms with Gasteiger partial charge in [0.2, 0.25) is 0 Å². The van der Waals surface area contributed by atoms with Crippen LogP contribution >= 0.6 is 0 Å². The van der Waals surface area contributed by atoms with Crippen LogP contribution in [0.2, 0.25) is 0 Å². The summed E-state index contributed by atoms with van der Waals surface area (Å²) in [7, 11) is 1.54. The van der Waals surface area contributed by atoms with Crippen LogP contribution in [-0.2, 0) is 12.7 Å². The van der Waals surface area contributed by atoms with E-state index >= 15 is 0 Å². The number of hydrogen-bond acceptors (Lipinski definition) is 2. The van der Waals surface area contributed by atoms with Crippen molar-refractivity contribution in [1.82, 2.24) is 14.9 Å². The first-order valence-electron chi connectivity index (χ1n) is 6.94. The monoisotopic (exact) mass is 333 g/mol. The third-order valence-corrected chi connectivity index (χ3v) is 3.33. The van der Waals surface area contributed by atoms with Crippen molar-refractivity contribution in [3.63, 3.8) is 0 Å². The van der Waals surface area contributed by atoms with Gasteiger partial charge in [0.1, 0.15) is 17.5 Å². The predicted molar refractivity (Wildman–Crippen MR) is 75.7 cm³/mol. The first-order chi connectivity index (χ1) is 10.6. The van der Waals surface area contributed by atoms with Crippen molar-refractivity contribution in [2.45, 2.75) is 32.6 Å². The highest BCUT2D eigenvalue weighted by Crippen LogP contribution is 2.33. The van der Waals surface area contributed by atoms with Gasteiger partial charge in [0.05, 0.1) is 0 Å². The highest BCUT2D eigenvalue weighted by molar-refractivity contribution is 5.57. The van der Waals surface area contributed by atoms with Gasteiger partial charge in [0.25, 0.3) is 0 Å². The Morgan fingerprint density at radius 1 is 1.17 bits per heavy atom.